The quantitative estimate of drug-likeness (QED) is 0.488. The molecule has 0 bridgehead atoms. The highest BCUT2D eigenvalue weighted by atomic mass is 19.1. The van der Waals surface area contributed by atoms with Crippen LogP contribution in [0, 0.1) is 11.6 Å². The van der Waals surface area contributed by atoms with Gasteiger partial charge in [0.2, 0.25) is 5.91 Å². The Hall–Kier alpha value is -3.35. The van der Waals surface area contributed by atoms with Gasteiger partial charge in [0.05, 0.1) is 17.7 Å². The van der Waals surface area contributed by atoms with Crippen LogP contribution in [0.2, 0.25) is 0 Å². The molecule has 166 valence electrons. The zero-order chi connectivity index (χ0) is 22.7. The van der Waals surface area contributed by atoms with Crippen molar-refractivity contribution in [2.45, 2.75) is 44.6 Å². The van der Waals surface area contributed by atoms with Crippen LogP contribution in [0.4, 0.5) is 14.5 Å². The summed E-state index contributed by atoms with van der Waals surface area (Å²) in [6.07, 6.45) is 6.64. The summed E-state index contributed by atoms with van der Waals surface area (Å²) in [5.74, 6) is -2.82. The molecule has 1 saturated heterocycles. The molecule has 0 saturated carbocycles. The van der Waals surface area contributed by atoms with Gasteiger partial charge in [-0.3, -0.25) is 14.4 Å². The van der Waals surface area contributed by atoms with Gasteiger partial charge in [-0.15, -0.1) is 0 Å². The number of anilines is 1. The average molecular weight is 438 g/mol. The minimum atomic E-state index is -1.04. The lowest BCUT2D eigenvalue weighted by molar-refractivity contribution is -0.122. The van der Waals surface area contributed by atoms with Crippen LogP contribution in [0.5, 0.6) is 0 Å². The highest BCUT2D eigenvalue weighted by molar-refractivity contribution is 6.23. The van der Waals surface area contributed by atoms with E-state index in [1.165, 1.54) is 52.9 Å². The average Bonchev–Trinajstić information content (AvgIpc) is 3.09. The summed E-state index contributed by atoms with van der Waals surface area (Å²) in [6.45, 7) is 0.208. The molecule has 7 heteroatoms. The maximum absolute atomic E-state index is 14.4. The Morgan fingerprint density at radius 2 is 1.78 bits per heavy atom. The van der Waals surface area contributed by atoms with Crippen molar-refractivity contribution >= 4 is 23.4 Å². The summed E-state index contributed by atoms with van der Waals surface area (Å²) in [6, 6.07) is 9.62. The van der Waals surface area contributed by atoms with Gasteiger partial charge in [-0.25, -0.2) is 13.7 Å². The van der Waals surface area contributed by atoms with Crippen LogP contribution in [0.1, 0.15) is 48.9 Å². The summed E-state index contributed by atoms with van der Waals surface area (Å²) in [5, 5.41) is 0. The molecule has 4 rings (SSSR count). The van der Waals surface area contributed by atoms with E-state index in [1.807, 2.05) is 0 Å². The Labute approximate surface area is 185 Å². The van der Waals surface area contributed by atoms with E-state index in [-0.39, 0.29) is 24.2 Å². The first-order chi connectivity index (χ1) is 15.5. The lowest BCUT2D eigenvalue weighted by atomic mass is 9.96. The molecule has 1 fully saturated rings. The van der Waals surface area contributed by atoms with Crippen molar-refractivity contribution < 1.29 is 23.2 Å². The van der Waals surface area contributed by atoms with Gasteiger partial charge in [-0.05, 0) is 68.5 Å². The minimum Gasteiger partial charge on any atom is -0.326 e. The lowest BCUT2D eigenvalue weighted by Gasteiger charge is -2.29. The highest BCUT2D eigenvalue weighted by Gasteiger charge is 2.44. The van der Waals surface area contributed by atoms with Crippen LogP contribution in [-0.2, 0) is 9.59 Å². The molecule has 5 nitrogen and oxygen atoms in total. The lowest BCUT2D eigenvalue weighted by Crippen LogP contribution is -2.46. The second-order valence-electron chi connectivity index (χ2n) is 8.10. The number of benzene rings is 2. The maximum Gasteiger partial charge on any atom is 0.257 e. The van der Waals surface area contributed by atoms with Gasteiger partial charge in [-0.2, -0.15) is 0 Å². The number of hydrogen-bond donors (Lipinski definition) is 0. The Balaban J connectivity index is 1.62. The zero-order valence-corrected chi connectivity index (χ0v) is 17.6. The van der Waals surface area contributed by atoms with Crippen LogP contribution in [0.3, 0.4) is 0 Å². The Morgan fingerprint density at radius 3 is 2.47 bits per heavy atom. The van der Waals surface area contributed by atoms with Crippen molar-refractivity contribution in [2.24, 2.45) is 0 Å². The molecular formula is C25H24F2N2O3. The van der Waals surface area contributed by atoms with Crippen molar-refractivity contribution in [2.75, 3.05) is 11.4 Å². The molecule has 1 heterocycles. The number of nitrogens with zero attached hydrogens (tertiary/aromatic N) is 2. The molecule has 2 aromatic carbocycles. The molecule has 0 N–H and O–H groups in total. The predicted molar refractivity (Wildman–Crippen MR) is 116 cm³/mol. The zero-order valence-electron chi connectivity index (χ0n) is 17.6. The van der Waals surface area contributed by atoms with E-state index in [0.29, 0.717) is 6.42 Å². The molecule has 1 unspecified atom stereocenters. The smallest absolute Gasteiger partial charge is 0.257 e. The number of carbonyl (C=O) groups is 3. The fraction of sp³-hybridized carbons (Fsp3) is 0.320. The van der Waals surface area contributed by atoms with E-state index in [0.717, 1.165) is 30.6 Å². The van der Waals surface area contributed by atoms with E-state index in [4.69, 9.17) is 0 Å². The van der Waals surface area contributed by atoms with Gasteiger partial charge in [0, 0.05) is 6.54 Å². The largest absolute Gasteiger partial charge is 0.326 e. The predicted octanol–water partition coefficient (Wildman–Crippen LogP) is 4.63. The van der Waals surface area contributed by atoms with E-state index < -0.39 is 35.4 Å². The van der Waals surface area contributed by atoms with E-state index in [9.17, 15) is 23.2 Å². The van der Waals surface area contributed by atoms with Crippen molar-refractivity contribution in [3.8, 4) is 0 Å². The van der Waals surface area contributed by atoms with Crippen molar-refractivity contribution in [3.63, 3.8) is 0 Å². The molecule has 0 radical (unpaired) electrons. The van der Waals surface area contributed by atoms with Crippen molar-refractivity contribution in [3.05, 3.63) is 77.4 Å². The first-order valence-electron chi connectivity index (χ1n) is 10.8. The van der Waals surface area contributed by atoms with Crippen molar-refractivity contribution in [1.29, 1.82) is 0 Å². The fourth-order valence-corrected chi connectivity index (χ4v) is 4.30. The molecule has 2 aliphatic rings. The van der Waals surface area contributed by atoms with Crippen molar-refractivity contribution in [1.82, 2.24) is 4.90 Å². The molecule has 0 aromatic heterocycles. The van der Waals surface area contributed by atoms with Crippen LogP contribution >= 0.6 is 0 Å². The molecule has 32 heavy (non-hydrogen) atoms. The molecule has 3 amide bonds. The third kappa shape index (κ3) is 4.47. The SMILES string of the molecule is O=C1CC(N(CCC2=CCCCC2)C(=O)c2ccccc2F)C(=O)N1c1ccc(F)cc1. The second kappa shape index (κ2) is 9.42. The first-order valence-corrected chi connectivity index (χ1v) is 10.8. The summed E-state index contributed by atoms with van der Waals surface area (Å²) in [7, 11) is 0. The van der Waals surface area contributed by atoms with E-state index >= 15 is 0 Å². The number of hydrogen-bond acceptors (Lipinski definition) is 3. The first kappa shape index (κ1) is 21.9. The van der Waals surface area contributed by atoms with Crippen LogP contribution < -0.4 is 4.90 Å². The van der Waals surface area contributed by atoms with Crippen LogP contribution in [-0.4, -0.2) is 35.2 Å². The maximum atomic E-state index is 14.4. The fourth-order valence-electron chi connectivity index (χ4n) is 4.30. The van der Waals surface area contributed by atoms with Gasteiger partial charge in [0.1, 0.15) is 17.7 Å². The van der Waals surface area contributed by atoms with Crippen LogP contribution in [0.15, 0.2) is 60.2 Å². The van der Waals surface area contributed by atoms with Gasteiger partial charge in [-0.1, -0.05) is 23.8 Å². The summed E-state index contributed by atoms with van der Waals surface area (Å²) in [4.78, 5) is 41.5. The molecule has 1 atom stereocenters. The minimum absolute atomic E-state index is 0.134. The Kier molecular flexibility index (Phi) is 6.44. The summed E-state index contributed by atoms with van der Waals surface area (Å²) in [5.41, 5.74) is 1.32. The number of allylic oxidation sites excluding steroid dienone is 1. The topological polar surface area (TPSA) is 57.7 Å². The third-order valence-electron chi connectivity index (χ3n) is 6.01. The number of imide groups is 1. The monoisotopic (exact) mass is 438 g/mol. The van der Waals surface area contributed by atoms with Gasteiger partial charge >= 0.3 is 0 Å². The number of rotatable bonds is 6. The standard InChI is InChI=1S/C25H24F2N2O3/c26-18-10-12-19(13-11-18)29-23(30)16-22(25(29)32)28(15-14-17-6-2-1-3-7-17)24(31)20-8-4-5-9-21(20)27/h4-6,8-13,22H,1-3,7,14-16H2. The summed E-state index contributed by atoms with van der Waals surface area (Å²) >= 11 is 0. The van der Waals surface area contributed by atoms with E-state index in [2.05, 4.69) is 6.08 Å². The third-order valence-corrected chi connectivity index (χ3v) is 6.01. The Morgan fingerprint density at radius 1 is 1.03 bits per heavy atom. The molecule has 0 spiro atoms. The van der Waals surface area contributed by atoms with Gasteiger partial charge < -0.3 is 4.90 Å². The normalized spacial score (nSPS) is 18.6. The number of carbonyl (C=O) groups excluding carboxylic acids is 3. The molecule has 1 aliphatic heterocycles. The molecule has 1 aliphatic carbocycles. The Bertz CT molecular complexity index is 1070. The number of amides is 3. The number of halogens is 2. The second-order valence-corrected chi connectivity index (χ2v) is 8.10. The van der Waals surface area contributed by atoms with E-state index in [1.54, 1.807) is 6.07 Å². The molecular weight excluding hydrogens is 414 g/mol. The summed E-state index contributed by atoms with van der Waals surface area (Å²) < 4.78 is 27.7. The molecule has 2 aromatic rings. The van der Waals surface area contributed by atoms with Gasteiger partial charge in [0.15, 0.2) is 0 Å². The highest BCUT2D eigenvalue weighted by Crippen LogP contribution is 2.28. The van der Waals surface area contributed by atoms with Crippen LogP contribution in [0.25, 0.3) is 0 Å². The van der Waals surface area contributed by atoms with Gasteiger partial charge in [0.25, 0.3) is 11.8 Å².